The van der Waals surface area contributed by atoms with Crippen LogP contribution in [0, 0.1) is 5.92 Å². The quantitative estimate of drug-likeness (QED) is 0.726. The molecule has 0 unspecified atom stereocenters. The fourth-order valence-electron chi connectivity index (χ4n) is 4.36. The first kappa shape index (κ1) is 21.4. The molecule has 0 atom stereocenters. The lowest BCUT2D eigenvalue weighted by Crippen LogP contribution is -2.33. The van der Waals surface area contributed by atoms with Crippen LogP contribution in [0.1, 0.15) is 60.0 Å². The Hall–Kier alpha value is -2.82. The van der Waals surface area contributed by atoms with Gasteiger partial charge in [0.2, 0.25) is 5.91 Å². The van der Waals surface area contributed by atoms with Gasteiger partial charge in [-0.2, -0.15) is 0 Å². The number of carbonyl (C=O) groups excluding carboxylic acids is 2. The Morgan fingerprint density at radius 3 is 2.58 bits per heavy atom. The van der Waals surface area contributed by atoms with Gasteiger partial charge in [-0.15, -0.1) is 0 Å². The Balaban J connectivity index is 1.54. The van der Waals surface area contributed by atoms with Gasteiger partial charge in [-0.05, 0) is 42.0 Å². The Kier molecular flexibility index (Phi) is 6.90. The van der Waals surface area contributed by atoms with Crippen molar-refractivity contribution >= 4 is 11.8 Å². The van der Waals surface area contributed by atoms with E-state index in [0.29, 0.717) is 44.0 Å². The Morgan fingerprint density at radius 1 is 1.03 bits per heavy atom. The zero-order valence-corrected chi connectivity index (χ0v) is 18.4. The van der Waals surface area contributed by atoms with Gasteiger partial charge in [-0.25, -0.2) is 0 Å². The van der Waals surface area contributed by atoms with E-state index in [9.17, 15) is 9.59 Å². The molecule has 1 aliphatic carbocycles. The van der Waals surface area contributed by atoms with Crippen molar-refractivity contribution < 1.29 is 14.3 Å². The molecule has 2 aliphatic rings. The van der Waals surface area contributed by atoms with Crippen LogP contribution in [-0.2, 0) is 17.9 Å². The molecule has 1 heterocycles. The lowest BCUT2D eigenvalue weighted by atomic mass is 9.82. The van der Waals surface area contributed by atoms with Crippen molar-refractivity contribution in [3.63, 3.8) is 0 Å². The highest BCUT2D eigenvalue weighted by Gasteiger charge is 2.22. The van der Waals surface area contributed by atoms with Crippen molar-refractivity contribution in [2.75, 3.05) is 20.2 Å². The minimum Gasteiger partial charge on any atom is -0.493 e. The number of hydrogen-bond acceptors (Lipinski definition) is 3. The van der Waals surface area contributed by atoms with E-state index in [-0.39, 0.29) is 11.8 Å². The van der Waals surface area contributed by atoms with Gasteiger partial charge in [0.15, 0.2) is 0 Å². The van der Waals surface area contributed by atoms with Gasteiger partial charge >= 0.3 is 0 Å². The lowest BCUT2D eigenvalue weighted by Gasteiger charge is -2.28. The highest BCUT2D eigenvalue weighted by atomic mass is 16.5. The van der Waals surface area contributed by atoms with E-state index in [4.69, 9.17) is 4.74 Å². The average Bonchev–Trinajstić information content (AvgIpc) is 2.74. The SMILES string of the molecule is CN1Cc2cccc(c2)CN(C(=O)CCC2CCC2)CCCOc2ccccc2C1=O. The number of rotatable bonds is 3. The zero-order chi connectivity index (χ0) is 21.6. The molecule has 2 aromatic carbocycles. The third-order valence-corrected chi connectivity index (χ3v) is 6.42. The second-order valence-electron chi connectivity index (χ2n) is 8.83. The number of nitrogens with zero attached hydrogens (tertiary/aromatic N) is 2. The summed E-state index contributed by atoms with van der Waals surface area (Å²) >= 11 is 0. The minimum atomic E-state index is -0.0501. The number of ether oxygens (including phenoxy) is 1. The molecule has 1 saturated carbocycles. The molecule has 5 nitrogen and oxygen atoms in total. The average molecular weight is 421 g/mol. The first-order valence-corrected chi connectivity index (χ1v) is 11.4. The highest BCUT2D eigenvalue weighted by molar-refractivity contribution is 5.96. The third-order valence-electron chi connectivity index (χ3n) is 6.42. The standard InChI is InChI=1S/C26H32N2O3/c1-27-18-21-9-5-10-22(17-21)19-28(25(29)14-13-20-7-4-8-20)15-6-16-31-24-12-3-2-11-23(24)26(27)30/h2-3,5,9-12,17,20H,4,6-8,13-16,18-19H2,1H3. The number of hydrogen-bond donors (Lipinski definition) is 0. The third kappa shape index (κ3) is 5.46. The molecular formula is C26H32N2O3. The molecule has 1 fully saturated rings. The van der Waals surface area contributed by atoms with Crippen LogP contribution in [0.5, 0.6) is 5.75 Å². The minimum absolute atomic E-state index is 0.0501. The predicted octanol–water partition coefficient (Wildman–Crippen LogP) is 4.65. The van der Waals surface area contributed by atoms with Crippen LogP contribution in [0.15, 0.2) is 48.5 Å². The van der Waals surface area contributed by atoms with Gasteiger partial charge in [-0.3, -0.25) is 9.59 Å². The van der Waals surface area contributed by atoms with E-state index >= 15 is 0 Å². The number of para-hydroxylation sites is 1. The molecule has 2 amide bonds. The molecular weight excluding hydrogens is 388 g/mol. The van der Waals surface area contributed by atoms with E-state index in [0.717, 1.165) is 29.9 Å². The lowest BCUT2D eigenvalue weighted by molar-refractivity contribution is -0.132. The van der Waals surface area contributed by atoms with Crippen LogP contribution in [0.2, 0.25) is 0 Å². The molecule has 5 heteroatoms. The summed E-state index contributed by atoms with van der Waals surface area (Å²) < 4.78 is 5.97. The smallest absolute Gasteiger partial charge is 0.257 e. The number of fused-ring (bicyclic) bond motifs is 3. The maximum atomic E-state index is 13.0. The second kappa shape index (κ2) is 9.99. The van der Waals surface area contributed by atoms with Gasteiger partial charge in [0.25, 0.3) is 5.91 Å². The van der Waals surface area contributed by atoms with Crippen molar-refractivity contribution in [3.05, 3.63) is 65.2 Å². The highest BCUT2D eigenvalue weighted by Crippen LogP contribution is 2.30. The Bertz CT molecular complexity index is 922. The monoisotopic (exact) mass is 420 g/mol. The predicted molar refractivity (Wildman–Crippen MR) is 121 cm³/mol. The summed E-state index contributed by atoms with van der Waals surface area (Å²) in [6.45, 7) is 2.24. The van der Waals surface area contributed by atoms with Crippen LogP contribution in [0.4, 0.5) is 0 Å². The second-order valence-corrected chi connectivity index (χ2v) is 8.83. The van der Waals surface area contributed by atoms with E-state index < -0.39 is 0 Å². The summed E-state index contributed by atoms with van der Waals surface area (Å²) in [6.07, 6.45) is 6.22. The summed E-state index contributed by atoms with van der Waals surface area (Å²) in [4.78, 5) is 29.7. The van der Waals surface area contributed by atoms with Crippen molar-refractivity contribution in [1.82, 2.24) is 9.80 Å². The molecule has 0 saturated heterocycles. The molecule has 2 aromatic rings. The molecule has 4 rings (SSSR count). The normalized spacial score (nSPS) is 17.9. The van der Waals surface area contributed by atoms with Gasteiger partial charge in [0.1, 0.15) is 5.75 Å². The molecule has 0 aromatic heterocycles. The number of amides is 2. The maximum absolute atomic E-state index is 13.0. The van der Waals surface area contributed by atoms with Crippen molar-refractivity contribution in [2.24, 2.45) is 5.92 Å². The molecule has 164 valence electrons. The van der Waals surface area contributed by atoms with E-state index in [2.05, 4.69) is 12.1 Å². The zero-order valence-electron chi connectivity index (χ0n) is 18.4. The van der Waals surface area contributed by atoms with Crippen molar-refractivity contribution in [3.8, 4) is 5.75 Å². The first-order valence-electron chi connectivity index (χ1n) is 11.4. The fraction of sp³-hybridized carbons (Fsp3) is 0.462. The van der Waals surface area contributed by atoms with Crippen LogP contribution < -0.4 is 4.74 Å². The van der Waals surface area contributed by atoms with Crippen LogP contribution in [0.25, 0.3) is 0 Å². The van der Waals surface area contributed by atoms with Gasteiger partial charge in [0.05, 0.1) is 12.2 Å². The number of carbonyl (C=O) groups is 2. The summed E-state index contributed by atoms with van der Waals surface area (Å²) in [5.41, 5.74) is 2.74. The topological polar surface area (TPSA) is 49.9 Å². The van der Waals surface area contributed by atoms with Crippen molar-refractivity contribution in [1.29, 1.82) is 0 Å². The molecule has 2 bridgehead atoms. The van der Waals surface area contributed by atoms with Crippen LogP contribution >= 0.6 is 0 Å². The summed E-state index contributed by atoms with van der Waals surface area (Å²) in [6, 6.07) is 15.6. The van der Waals surface area contributed by atoms with E-state index in [1.807, 2.05) is 48.3 Å². The molecule has 0 radical (unpaired) electrons. The molecule has 1 aliphatic heterocycles. The van der Waals surface area contributed by atoms with Gasteiger partial charge in [0, 0.05) is 33.1 Å². The van der Waals surface area contributed by atoms with E-state index in [1.165, 1.54) is 19.3 Å². The van der Waals surface area contributed by atoms with Gasteiger partial charge in [-0.1, -0.05) is 55.7 Å². The van der Waals surface area contributed by atoms with Crippen LogP contribution in [-0.4, -0.2) is 41.8 Å². The first-order chi connectivity index (χ1) is 15.1. The number of benzene rings is 2. The Morgan fingerprint density at radius 2 is 1.81 bits per heavy atom. The van der Waals surface area contributed by atoms with Crippen LogP contribution in [0.3, 0.4) is 0 Å². The van der Waals surface area contributed by atoms with Gasteiger partial charge < -0.3 is 14.5 Å². The van der Waals surface area contributed by atoms with Crippen molar-refractivity contribution in [2.45, 2.75) is 51.6 Å². The molecule has 0 spiro atoms. The maximum Gasteiger partial charge on any atom is 0.257 e. The summed E-state index contributed by atoms with van der Waals surface area (Å²) in [5, 5.41) is 0. The largest absolute Gasteiger partial charge is 0.493 e. The summed E-state index contributed by atoms with van der Waals surface area (Å²) in [5.74, 6) is 1.52. The Labute approximate surface area is 185 Å². The fourth-order valence-corrected chi connectivity index (χ4v) is 4.36. The molecule has 31 heavy (non-hydrogen) atoms. The summed E-state index contributed by atoms with van der Waals surface area (Å²) in [7, 11) is 1.81. The molecule has 0 N–H and O–H groups in total. The van der Waals surface area contributed by atoms with E-state index in [1.54, 1.807) is 4.90 Å².